The van der Waals surface area contributed by atoms with Gasteiger partial charge in [0.05, 0.1) is 5.69 Å². The molecular formula is C9H16N4. The maximum absolute atomic E-state index is 5.98. The Hall–Kier alpha value is -0.900. The lowest BCUT2D eigenvalue weighted by atomic mass is 10.1. The molecular weight excluding hydrogens is 164 g/mol. The molecule has 1 fully saturated rings. The van der Waals surface area contributed by atoms with Crippen molar-refractivity contribution in [2.24, 2.45) is 18.7 Å². The average molecular weight is 180 g/mol. The zero-order valence-corrected chi connectivity index (χ0v) is 7.98. The molecule has 1 unspecified atom stereocenters. The average Bonchev–Trinajstić information content (AvgIpc) is 2.76. The van der Waals surface area contributed by atoms with Gasteiger partial charge in [0.1, 0.15) is 0 Å². The monoisotopic (exact) mass is 180 g/mol. The Labute approximate surface area is 78.1 Å². The first kappa shape index (κ1) is 8.69. The van der Waals surface area contributed by atoms with Gasteiger partial charge in [0.2, 0.25) is 0 Å². The van der Waals surface area contributed by atoms with Crippen LogP contribution in [0.1, 0.15) is 25.0 Å². The molecule has 2 N–H and O–H groups in total. The van der Waals surface area contributed by atoms with Gasteiger partial charge in [0.15, 0.2) is 0 Å². The summed E-state index contributed by atoms with van der Waals surface area (Å²) in [6.45, 7) is 0. The minimum Gasteiger partial charge on any atom is -0.327 e. The van der Waals surface area contributed by atoms with Crippen LogP contribution in [0.15, 0.2) is 6.20 Å². The Balaban J connectivity index is 1.82. The molecule has 72 valence electrons. The van der Waals surface area contributed by atoms with Crippen molar-refractivity contribution in [1.82, 2.24) is 15.0 Å². The van der Waals surface area contributed by atoms with E-state index < -0.39 is 0 Å². The first-order chi connectivity index (χ1) is 6.24. The zero-order chi connectivity index (χ0) is 9.26. The highest BCUT2D eigenvalue weighted by Crippen LogP contribution is 2.33. The molecule has 1 saturated carbocycles. The van der Waals surface area contributed by atoms with Crippen LogP contribution in [0.2, 0.25) is 0 Å². The smallest absolute Gasteiger partial charge is 0.0842 e. The largest absolute Gasteiger partial charge is 0.327 e. The third kappa shape index (κ3) is 2.52. The van der Waals surface area contributed by atoms with E-state index >= 15 is 0 Å². The van der Waals surface area contributed by atoms with Crippen molar-refractivity contribution < 1.29 is 0 Å². The second-order valence-electron chi connectivity index (χ2n) is 4.03. The van der Waals surface area contributed by atoms with Crippen LogP contribution in [0.4, 0.5) is 0 Å². The molecule has 0 saturated heterocycles. The minimum atomic E-state index is 0.268. The summed E-state index contributed by atoms with van der Waals surface area (Å²) >= 11 is 0. The summed E-state index contributed by atoms with van der Waals surface area (Å²) in [7, 11) is 1.88. The van der Waals surface area contributed by atoms with Crippen LogP contribution in [0.3, 0.4) is 0 Å². The van der Waals surface area contributed by atoms with Gasteiger partial charge < -0.3 is 5.73 Å². The van der Waals surface area contributed by atoms with Crippen LogP contribution in [-0.4, -0.2) is 21.0 Å². The third-order valence-corrected chi connectivity index (χ3v) is 2.45. The number of aromatic nitrogens is 3. The first-order valence-corrected chi connectivity index (χ1v) is 4.85. The fraction of sp³-hybridized carbons (Fsp3) is 0.778. The fourth-order valence-corrected chi connectivity index (χ4v) is 1.62. The molecule has 0 spiro atoms. The van der Waals surface area contributed by atoms with Gasteiger partial charge in [-0.15, -0.1) is 5.10 Å². The van der Waals surface area contributed by atoms with Gasteiger partial charge in [-0.2, -0.15) is 0 Å². The SMILES string of the molecule is Cn1cc(CC(N)CC2CC2)nn1. The normalized spacial score (nSPS) is 18.9. The summed E-state index contributed by atoms with van der Waals surface area (Å²) in [5.74, 6) is 0.895. The van der Waals surface area contributed by atoms with E-state index in [1.165, 1.54) is 12.8 Å². The van der Waals surface area contributed by atoms with E-state index in [4.69, 9.17) is 5.73 Å². The van der Waals surface area contributed by atoms with Crippen LogP contribution in [0.25, 0.3) is 0 Å². The number of hydrogen-bond acceptors (Lipinski definition) is 3. The molecule has 0 aromatic carbocycles. The van der Waals surface area contributed by atoms with E-state index in [9.17, 15) is 0 Å². The van der Waals surface area contributed by atoms with Crippen LogP contribution in [0, 0.1) is 5.92 Å². The summed E-state index contributed by atoms with van der Waals surface area (Å²) in [5.41, 5.74) is 6.99. The standard InChI is InChI=1S/C9H16N4/c1-13-6-9(11-12-13)5-8(10)4-7-2-3-7/h6-8H,2-5,10H2,1H3. The third-order valence-electron chi connectivity index (χ3n) is 2.45. The summed E-state index contributed by atoms with van der Waals surface area (Å²) < 4.78 is 1.72. The molecule has 0 aliphatic heterocycles. The van der Waals surface area contributed by atoms with E-state index in [0.717, 1.165) is 24.5 Å². The maximum Gasteiger partial charge on any atom is 0.0842 e. The van der Waals surface area contributed by atoms with Crippen molar-refractivity contribution in [1.29, 1.82) is 0 Å². The van der Waals surface area contributed by atoms with Crippen molar-refractivity contribution in [2.75, 3.05) is 0 Å². The predicted molar refractivity (Wildman–Crippen MR) is 50.0 cm³/mol. The Morgan fingerprint density at radius 1 is 1.69 bits per heavy atom. The number of hydrogen-bond donors (Lipinski definition) is 1. The maximum atomic E-state index is 5.98. The molecule has 1 heterocycles. The number of aryl methyl sites for hydroxylation is 1. The van der Waals surface area contributed by atoms with E-state index in [-0.39, 0.29) is 6.04 Å². The second kappa shape index (κ2) is 3.46. The molecule has 0 radical (unpaired) electrons. The van der Waals surface area contributed by atoms with Crippen LogP contribution >= 0.6 is 0 Å². The summed E-state index contributed by atoms with van der Waals surface area (Å²) in [5, 5.41) is 7.89. The van der Waals surface area contributed by atoms with Gasteiger partial charge >= 0.3 is 0 Å². The first-order valence-electron chi connectivity index (χ1n) is 4.85. The van der Waals surface area contributed by atoms with E-state index in [1.807, 2.05) is 13.2 Å². The topological polar surface area (TPSA) is 56.7 Å². The fourth-order valence-electron chi connectivity index (χ4n) is 1.62. The highest BCUT2D eigenvalue weighted by molar-refractivity contribution is 4.96. The Bertz CT molecular complexity index is 277. The lowest BCUT2D eigenvalue weighted by Crippen LogP contribution is -2.23. The Kier molecular flexibility index (Phi) is 2.31. The number of nitrogens with zero attached hydrogens (tertiary/aromatic N) is 3. The molecule has 1 aliphatic carbocycles. The molecule has 1 aromatic heterocycles. The molecule has 1 aliphatic rings. The highest BCUT2D eigenvalue weighted by atomic mass is 15.4. The summed E-state index contributed by atoms with van der Waals surface area (Å²) in [4.78, 5) is 0. The minimum absolute atomic E-state index is 0.268. The molecule has 13 heavy (non-hydrogen) atoms. The molecule has 1 atom stereocenters. The zero-order valence-electron chi connectivity index (χ0n) is 7.98. The van der Waals surface area contributed by atoms with E-state index in [2.05, 4.69) is 10.3 Å². The van der Waals surface area contributed by atoms with Crippen molar-refractivity contribution in [3.63, 3.8) is 0 Å². The summed E-state index contributed by atoms with van der Waals surface area (Å²) in [6, 6.07) is 0.268. The molecule has 4 heteroatoms. The highest BCUT2D eigenvalue weighted by Gasteiger charge is 2.24. The Morgan fingerprint density at radius 2 is 2.46 bits per heavy atom. The van der Waals surface area contributed by atoms with Crippen molar-refractivity contribution in [2.45, 2.75) is 31.7 Å². The van der Waals surface area contributed by atoms with Crippen molar-refractivity contribution >= 4 is 0 Å². The van der Waals surface area contributed by atoms with Crippen LogP contribution < -0.4 is 5.73 Å². The van der Waals surface area contributed by atoms with E-state index in [0.29, 0.717) is 0 Å². The van der Waals surface area contributed by atoms with Crippen molar-refractivity contribution in [3.05, 3.63) is 11.9 Å². The second-order valence-corrected chi connectivity index (χ2v) is 4.03. The van der Waals surface area contributed by atoms with Gasteiger partial charge in [-0.25, -0.2) is 0 Å². The van der Waals surface area contributed by atoms with Gasteiger partial charge in [-0.1, -0.05) is 18.1 Å². The van der Waals surface area contributed by atoms with Gasteiger partial charge in [0, 0.05) is 25.7 Å². The number of rotatable bonds is 4. The quantitative estimate of drug-likeness (QED) is 0.733. The summed E-state index contributed by atoms with van der Waals surface area (Å²) in [6.07, 6.45) is 6.69. The van der Waals surface area contributed by atoms with Gasteiger partial charge in [-0.05, 0) is 12.3 Å². The lowest BCUT2D eigenvalue weighted by molar-refractivity contribution is 0.560. The molecule has 2 rings (SSSR count). The van der Waals surface area contributed by atoms with Crippen molar-refractivity contribution in [3.8, 4) is 0 Å². The molecule has 0 bridgehead atoms. The number of nitrogens with two attached hydrogens (primary N) is 1. The molecule has 4 nitrogen and oxygen atoms in total. The van der Waals surface area contributed by atoms with Gasteiger partial charge in [-0.3, -0.25) is 4.68 Å². The van der Waals surface area contributed by atoms with Crippen LogP contribution in [-0.2, 0) is 13.5 Å². The predicted octanol–water partition coefficient (Wildman–Crippen LogP) is 0.485. The van der Waals surface area contributed by atoms with E-state index in [1.54, 1.807) is 4.68 Å². The molecule has 0 amide bonds. The lowest BCUT2D eigenvalue weighted by Gasteiger charge is -2.07. The van der Waals surface area contributed by atoms with Gasteiger partial charge in [0.25, 0.3) is 0 Å². The molecule has 1 aromatic rings. The van der Waals surface area contributed by atoms with Crippen LogP contribution in [0.5, 0.6) is 0 Å². The Morgan fingerprint density at radius 3 is 3.00 bits per heavy atom.